The minimum atomic E-state index is 0.0454. The predicted octanol–water partition coefficient (Wildman–Crippen LogP) is 3.33. The normalized spacial score (nSPS) is 10.4. The molecule has 0 aliphatic carbocycles. The number of benzene rings is 2. The maximum absolute atomic E-state index is 7.77. The summed E-state index contributed by atoms with van der Waals surface area (Å²) in [7, 11) is 3.06. The first-order valence-corrected chi connectivity index (χ1v) is 7.13. The molecule has 0 bridgehead atoms. The van der Waals surface area contributed by atoms with Crippen LogP contribution in [0, 0.1) is 5.41 Å². The molecule has 2 rings (SSSR count). The molecule has 120 valence electrons. The van der Waals surface area contributed by atoms with Crippen molar-refractivity contribution in [1.29, 1.82) is 5.41 Å². The average molecular weight is 333 g/mol. The molecule has 0 unspecified atom stereocenters. The molecule has 0 aliphatic heterocycles. The highest BCUT2D eigenvalue weighted by molar-refractivity contribution is 6.34. The molecule has 2 aromatic carbocycles. The maximum atomic E-state index is 7.77. The molecule has 0 atom stereocenters. The second-order valence-electron chi connectivity index (χ2n) is 4.44. The largest absolute Gasteiger partial charge is 0.493 e. The number of ether oxygens (including phenoxy) is 2. The van der Waals surface area contributed by atoms with Gasteiger partial charge in [0.15, 0.2) is 11.5 Å². The third kappa shape index (κ3) is 4.37. The van der Waals surface area contributed by atoms with Gasteiger partial charge < -0.3 is 14.8 Å². The van der Waals surface area contributed by atoms with Gasteiger partial charge in [0.1, 0.15) is 0 Å². The van der Waals surface area contributed by atoms with E-state index in [-0.39, 0.29) is 5.96 Å². The number of anilines is 1. The predicted molar refractivity (Wildman–Crippen MR) is 93.1 cm³/mol. The van der Waals surface area contributed by atoms with Gasteiger partial charge in [0.2, 0.25) is 5.96 Å². The third-order valence-electron chi connectivity index (χ3n) is 2.94. The van der Waals surface area contributed by atoms with Crippen LogP contribution in [0.5, 0.6) is 11.5 Å². The number of halogens is 1. The molecule has 3 N–H and O–H groups in total. The molecule has 7 heteroatoms. The van der Waals surface area contributed by atoms with Gasteiger partial charge in [0.05, 0.1) is 25.5 Å². The molecule has 0 aliphatic rings. The highest BCUT2D eigenvalue weighted by Gasteiger charge is 2.11. The van der Waals surface area contributed by atoms with E-state index in [9.17, 15) is 0 Å². The first-order chi connectivity index (χ1) is 11.2. The van der Waals surface area contributed by atoms with Gasteiger partial charge in [-0.1, -0.05) is 29.8 Å². The van der Waals surface area contributed by atoms with Crippen molar-refractivity contribution in [2.45, 2.75) is 0 Å². The summed E-state index contributed by atoms with van der Waals surface area (Å²) >= 11 is 6.24. The molecule has 6 nitrogen and oxygen atoms in total. The zero-order valence-corrected chi connectivity index (χ0v) is 13.5. The van der Waals surface area contributed by atoms with E-state index in [1.54, 1.807) is 19.2 Å². The Balaban J connectivity index is 2.02. The number of para-hydroxylation sites is 1. The Labute approximate surface area is 139 Å². The Bertz CT molecular complexity index is 705. The Morgan fingerprint density at radius 2 is 1.87 bits per heavy atom. The quantitative estimate of drug-likeness (QED) is 0.446. The minimum Gasteiger partial charge on any atom is -0.493 e. The minimum absolute atomic E-state index is 0.0454. The van der Waals surface area contributed by atoms with Gasteiger partial charge in [-0.3, -0.25) is 5.41 Å². The van der Waals surface area contributed by atoms with E-state index in [0.717, 1.165) is 5.69 Å². The van der Waals surface area contributed by atoms with Crippen molar-refractivity contribution in [2.75, 3.05) is 19.5 Å². The van der Waals surface area contributed by atoms with E-state index < -0.39 is 0 Å². The molecule has 0 spiro atoms. The second kappa shape index (κ2) is 8.05. The number of rotatable bonds is 5. The third-order valence-corrected chi connectivity index (χ3v) is 3.33. The summed E-state index contributed by atoms with van der Waals surface area (Å²) in [5, 5.41) is 15.0. The Hall–Kier alpha value is -2.73. The highest BCUT2D eigenvalue weighted by atomic mass is 35.5. The van der Waals surface area contributed by atoms with E-state index in [4.69, 9.17) is 26.5 Å². The van der Waals surface area contributed by atoms with Gasteiger partial charge in [-0.05, 0) is 24.3 Å². The fraction of sp³-hybridized carbons (Fsp3) is 0.125. The summed E-state index contributed by atoms with van der Waals surface area (Å²) in [5.74, 6) is 1.03. The lowest BCUT2D eigenvalue weighted by Crippen LogP contribution is -2.25. The van der Waals surface area contributed by atoms with Gasteiger partial charge >= 0.3 is 0 Å². The average Bonchev–Trinajstić information content (AvgIpc) is 2.57. The van der Waals surface area contributed by atoms with E-state index in [0.29, 0.717) is 22.1 Å². The number of hydrazone groups is 1. The molecular formula is C16H17ClN4O2. The monoisotopic (exact) mass is 332 g/mol. The van der Waals surface area contributed by atoms with Crippen molar-refractivity contribution >= 4 is 29.5 Å². The van der Waals surface area contributed by atoms with Crippen molar-refractivity contribution in [3.63, 3.8) is 0 Å². The molecular weight excluding hydrogens is 316 g/mol. The van der Waals surface area contributed by atoms with Crippen LogP contribution in [0.1, 0.15) is 5.56 Å². The van der Waals surface area contributed by atoms with E-state index in [1.807, 2.05) is 30.3 Å². The van der Waals surface area contributed by atoms with Crippen LogP contribution in [-0.4, -0.2) is 26.4 Å². The molecule has 0 radical (unpaired) electrons. The fourth-order valence-corrected chi connectivity index (χ4v) is 2.15. The molecule has 0 saturated carbocycles. The van der Waals surface area contributed by atoms with Crippen LogP contribution in [0.2, 0.25) is 5.02 Å². The van der Waals surface area contributed by atoms with Crippen LogP contribution >= 0.6 is 11.6 Å². The van der Waals surface area contributed by atoms with Crippen LogP contribution in [0.3, 0.4) is 0 Å². The first-order valence-electron chi connectivity index (χ1n) is 6.76. The zero-order valence-electron chi connectivity index (χ0n) is 12.8. The van der Waals surface area contributed by atoms with Crippen LogP contribution in [-0.2, 0) is 0 Å². The van der Waals surface area contributed by atoms with Gasteiger partial charge in [-0.25, -0.2) is 5.43 Å². The smallest absolute Gasteiger partial charge is 0.213 e. The summed E-state index contributed by atoms with van der Waals surface area (Å²) in [5.41, 5.74) is 4.02. The molecule has 0 saturated heterocycles. The molecule has 0 amide bonds. The summed E-state index contributed by atoms with van der Waals surface area (Å²) in [6.45, 7) is 0. The van der Waals surface area contributed by atoms with Crippen LogP contribution < -0.4 is 20.2 Å². The second-order valence-corrected chi connectivity index (χ2v) is 4.82. The van der Waals surface area contributed by atoms with Crippen molar-refractivity contribution < 1.29 is 9.47 Å². The zero-order chi connectivity index (χ0) is 16.7. The Kier molecular flexibility index (Phi) is 5.82. The topological polar surface area (TPSA) is 78.7 Å². The maximum Gasteiger partial charge on any atom is 0.213 e. The number of guanidine groups is 1. The molecule has 0 heterocycles. The van der Waals surface area contributed by atoms with Crippen molar-refractivity contribution in [3.05, 3.63) is 53.1 Å². The standard InChI is InChI=1S/C16H17ClN4O2/c1-22-13-9-8-11(14(17)15(13)23-2)10-19-21-16(18)20-12-6-4-3-5-7-12/h3-10H,1-2H3,(H3,18,20,21)/b19-10+. The lowest BCUT2D eigenvalue weighted by molar-refractivity contribution is 0.355. The van der Waals surface area contributed by atoms with Gasteiger partial charge in [-0.15, -0.1) is 0 Å². The van der Waals surface area contributed by atoms with E-state index in [2.05, 4.69) is 15.8 Å². The van der Waals surface area contributed by atoms with Crippen molar-refractivity contribution in [1.82, 2.24) is 5.43 Å². The van der Waals surface area contributed by atoms with Crippen molar-refractivity contribution in [3.8, 4) is 11.5 Å². The molecule has 0 aromatic heterocycles. The number of hydrogen-bond acceptors (Lipinski definition) is 4. The van der Waals surface area contributed by atoms with Crippen LogP contribution in [0.4, 0.5) is 5.69 Å². The number of hydrogen-bond donors (Lipinski definition) is 3. The van der Waals surface area contributed by atoms with Gasteiger partial charge in [0, 0.05) is 11.3 Å². The van der Waals surface area contributed by atoms with E-state index >= 15 is 0 Å². The molecule has 2 aromatic rings. The Morgan fingerprint density at radius 3 is 2.52 bits per heavy atom. The van der Waals surface area contributed by atoms with Crippen LogP contribution in [0.15, 0.2) is 47.6 Å². The lowest BCUT2D eigenvalue weighted by Gasteiger charge is -2.10. The lowest BCUT2D eigenvalue weighted by atomic mass is 10.2. The highest BCUT2D eigenvalue weighted by Crippen LogP contribution is 2.36. The van der Waals surface area contributed by atoms with Crippen molar-refractivity contribution in [2.24, 2.45) is 5.10 Å². The molecule has 23 heavy (non-hydrogen) atoms. The number of methoxy groups -OCH3 is 2. The number of nitrogens with zero attached hydrogens (tertiary/aromatic N) is 1. The number of nitrogens with one attached hydrogen (secondary N) is 3. The summed E-state index contributed by atoms with van der Waals surface area (Å²) in [6, 6.07) is 12.9. The van der Waals surface area contributed by atoms with Gasteiger partial charge in [0.25, 0.3) is 0 Å². The SMILES string of the molecule is COc1ccc(/C=N/NC(=N)Nc2ccccc2)c(Cl)c1OC. The summed E-state index contributed by atoms with van der Waals surface area (Å²) in [6.07, 6.45) is 1.51. The first kappa shape index (κ1) is 16.6. The summed E-state index contributed by atoms with van der Waals surface area (Å²) in [4.78, 5) is 0. The van der Waals surface area contributed by atoms with E-state index in [1.165, 1.54) is 13.3 Å². The summed E-state index contributed by atoms with van der Waals surface area (Å²) < 4.78 is 10.4. The Morgan fingerprint density at radius 1 is 1.13 bits per heavy atom. The fourth-order valence-electron chi connectivity index (χ4n) is 1.86. The van der Waals surface area contributed by atoms with Crippen LogP contribution in [0.25, 0.3) is 0 Å². The molecule has 0 fully saturated rings. The van der Waals surface area contributed by atoms with Gasteiger partial charge in [-0.2, -0.15) is 5.10 Å².